The van der Waals surface area contributed by atoms with E-state index in [0.717, 1.165) is 10.1 Å². The van der Waals surface area contributed by atoms with E-state index in [4.69, 9.17) is 0 Å². The van der Waals surface area contributed by atoms with Gasteiger partial charge in [0.15, 0.2) is 0 Å². The Bertz CT molecular complexity index is 819. The van der Waals surface area contributed by atoms with Crippen molar-refractivity contribution >= 4 is 37.6 Å². The minimum Gasteiger partial charge on any atom is -0.465 e. The van der Waals surface area contributed by atoms with Crippen LogP contribution in [0, 0.1) is 0 Å². The maximum Gasteiger partial charge on any atom is 0.337 e. The number of thiophene rings is 1. The maximum absolute atomic E-state index is 11.6. The van der Waals surface area contributed by atoms with Crippen molar-refractivity contribution in [1.29, 1.82) is 0 Å². The van der Waals surface area contributed by atoms with Crippen molar-refractivity contribution in [3.05, 3.63) is 40.4 Å². The molecule has 1 aromatic carbocycles. The lowest BCUT2D eigenvalue weighted by Gasteiger charge is -1.98. The number of fused-ring (bicyclic) bond motifs is 3. The fourth-order valence-corrected chi connectivity index (χ4v) is 2.92. The van der Waals surface area contributed by atoms with Crippen LogP contribution in [0.3, 0.4) is 0 Å². The van der Waals surface area contributed by atoms with Crippen LogP contribution in [-0.2, 0) is 4.74 Å². The number of rotatable bonds is 1. The zero-order chi connectivity index (χ0) is 12.7. The van der Waals surface area contributed by atoms with E-state index in [1.54, 1.807) is 18.2 Å². The van der Waals surface area contributed by atoms with Crippen LogP contribution in [-0.4, -0.2) is 23.0 Å². The van der Waals surface area contributed by atoms with Crippen molar-refractivity contribution in [1.82, 2.24) is 9.97 Å². The minimum atomic E-state index is -0.392. The lowest BCUT2D eigenvalue weighted by molar-refractivity contribution is 0.0601. The molecule has 0 saturated heterocycles. The Morgan fingerprint density at radius 3 is 3.06 bits per heavy atom. The van der Waals surface area contributed by atoms with Crippen molar-refractivity contribution in [2.24, 2.45) is 0 Å². The third-order valence-corrected chi connectivity index (χ3v) is 3.82. The van der Waals surface area contributed by atoms with Crippen molar-refractivity contribution in [3.63, 3.8) is 0 Å². The second-order valence-corrected chi connectivity index (χ2v) is 4.77. The Hall–Kier alpha value is -2.21. The predicted octanol–water partition coefficient (Wildman–Crippen LogP) is 1.92. The van der Waals surface area contributed by atoms with E-state index in [1.807, 2.05) is 0 Å². The van der Waals surface area contributed by atoms with Crippen molar-refractivity contribution < 1.29 is 9.53 Å². The summed E-state index contributed by atoms with van der Waals surface area (Å²) in [6, 6.07) is 5.17. The summed E-state index contributed by atoms with van der Waals surface area (Å²) in [5.74, 6) is -0.392. The van der Waals surface area contributed by atoms with Gasteiger partial charge in [-0.1, -0.05) is 6.07 Å². The van der Waals surface area contributed by atoms with Gasteiger partial charge in [0.05, 0.1) is 24.5 Å². The summed E-state index contributed by atoms with van der Waals surface area (Å²) >= 11 is 1.32. The molecule has 2 aromatic heterocycles. The van der Waals surface area contributed by atoms with Crippen molar-refractivity contribution in [2.45, 2.75) is 0 Å². The average molecular weight is 260 g/mol. The number of benzene rings is 1. The number of carbonyl (C=O) groups excluding carboxylic acids is 1. The van der Waals surface area contributed by atoms with E-state index < -0.39 is 5.97 Å². The highest BCUT2D eigenvalue weighted by Crippen LogP contribution is 2.30. The molecule has 6 heteroatoms. The van der Waals surface area contributed by atoms with Gasteiger partial charge in [-0.25, -0.2) is 9.78 Å². The number of aromatic amines is 1. The Balaban J connectivity index is 2.36. The summed E-state index contributed by atoms with van der Waals surface area (Å²) in [6.07, 6.45) is 1.38. The van der Waals surface area contributed by atoms with Gasteiger partial charge in [-0.3, -0.25) is 4.79 Å². The first kappa shape index (κ1) is 10.9. The number of esters is 1. The molecule has 2 heterocycles. The van der Waals surface area contributed by atoms with E-state index in [-0.39, 0.29) is 5.56 Å². The summed E-state index contributed by atoms with van der Waals surface area (Å²) < 4.78 is 6.07. The van der Waals surface area contributed by atoms with Crippen LogP contribution in [0.25, 0.3) is 20.3 Å². The molecule has 3 aromatic rings. The van der Waals surface area contributed by atoms with E-state index >= 15 is 0 Å². The monoisotopic (exact) mass is 260 g/mol. The Labute approximate surface area is 105 Å². The Morgan fingerprint density at radius 2 is 2.28 bits per heavy atom. The Kier molecular flexibility index (Phi) is 2.38. The zero-order valence-electron chi connectivity index (χ0n) is 9.39. The summed E-state index contributed by atoms with van der Waals surface area (Å²) in [5.41, 5.74) is 0.962. The largest absolute Gasteiger partial charge is 0.465 e. The van der Waals surface area contributed by atoms with E-state index in [2.05, 4.69) is 14.7 Å². The van der Waals surface area contributed by atoms with Gasteiger partial charge in [0.2, 0.25) is 0 Å². The highest BCUT2D eigenvalue weighted by Gasteiger charge is 2.12. The normalized spacial score (nSPS) is 10.9. The van der Waals surface area contributed by atoms with Crippen LogP contribution in [0.15, 0.2) is 29.3 Å². The van der Waals surface area contributed by atoms with E-state index in [9.17, 15) is 9.59 Å². The Morgan fingerprint density at radius 1 is 1.44 bits per heavy atom. The van der Waals surface area contributed by atoms with Crippen LogP contribution in [0.1, 0.15) is 10.4 Å². The number of hydrogen-bond acceptors (Lipinski definition) is 5. The number of hydrogen-bond donors (Lipinski definition) is 1. The standard InChI is InChI=1S/C12H8N2O3S/c1-17-12(16)6-2-3-7-8(4-6)18-10-9(7)13-5-14-11(10)15/h2-5H,1H3,(H,13,14,15). The number of carbonyl (C=O) groups is 1. The van der Waals surface area contributed by atoms with Gasteiger partial charge in [-0.05, 0) is 12.1 Å². The number of H-pyrrole nitrogens is 1. The predicted molar refractivity (Wildman–Crippen MR) is 69.1 cm³/mol. The van der Waals surface area contributed by atoms with Crippen LogP contribution in [0.5, 0.6) is 0 Å². The van der Waals surface area contributed by atoms with Crippen molar-refractivity contribution in [2.75, 3.05) is 7.11 Å². The lowest BCUT2D eigenvalue weighted by atomic mass is 10.1. The van der Waals surface area contributed by atoms with Crippen molar-refractivity contribution in [3.8, 4) is 0 Å². The van der Waals surface area contributed by atoms with Gasteiger partial charge >= 0.3 is 5.97 Å². The molecule has 3 rings (SSSR count). The molecule has 0 unspecified atom stereocenters. The van der Waals surface area contributed by atoms with Gasteiger partial charge in [-0.15, -0.1) is 11.3 Å². The van der Waals surface area contributed by atoms with Crippen LogP contribution in [0.4, 0.5) is 0 Å². The first-order chi connectivity index (χ1) is 8.70. The molecular formula is C12H8N2O3S. The number of methoxy groups -OCH3 is 1. The number of nitrogens with zero attached hydrogens (tertiary/aromatic N) is 1. The quantitative estimate of drug-likeness (QED) is 0.678. The molecule has 0 atom stereocenters. The minimum absolute atomic E-state index is 0.166. The summed E-state index contributed by atoms with van der Waals surface area (Å²) in [7, 11) is 1.34. The summed E-state index contributed by atoms with van der Waals surface area (Å²) in [5, 5.41) is 0.869. The molecule has 0 aliphatic rings. The molecule has 0 bridgehead atoms. The SMILES string of the molecule is COC(=O)c1ccc2c(c1)sc1c(=O)[nH]cnc12. The third kappa shape index (κ3) is 1.50. The molecule has 90 valence electrons. The topological polar surface area (TPSA) is 72.1 Å². The smallest absolute Gasteiger partial charge is 0.337 e. The highest BCUT2D eigenvalue weighted by atomic mass is 32.1. The maximum atomic E-state index is 11.6. The molecule has 0 fully saturated rings. The second kappa shape index (κ2) is 3.92. The van der Waals surface area contributed by atoms with E-state index in [1.165, 1.54) is 24.8 Å². The van der Waals surface area contributed by atoms with Gasteiger partial charge in [-0.2, -0.15) is 0 Å². The summed E-state index contributed by atoms with van der Waals surface area (Å²) in [6.45, 7) is 0. The van der Waals surface area contributed by atoms with Gasteiger partial charge in [0.1, 0.15) is 4.70 Å². The first-order valence-corrected chi connectivity index (χ1v) is 6.00. The highest BCUT2D eigenvalue weighted by molar-refractivity contribution is 7.25. The number of nitrogens with one attached hydrogen (secondary N) is 1. The molecule has 0 amide bonds. The van der Waals surface area contributed by atoms with Gasteiger partial charge in [0, 0.05) is 10.1 Å². The van der Waals surface area contributed by atoms with Gasteiger partial charge < -0.3 is 9.72 Å². The van der Waals surface area contributed by atoms with Gasteiger partial charge in [0.25, 0.3) is 5.56 Å². The fraction of sp³-hybridized carbons (Fsp3) is 0.0833. The molecular weight excluding hydrogens is 252 g/mol. The van der Waals surface area contributed by atoms with Crippen LogP contribution < -0.4 is 5.56 Å². The molecule has 0 aliphatic carbocycles. The summed E-state index contributed by atoms with van der Waals surface area (Å²) in [4.78, 5) is 29.8. The average Bonchev–Trinajstić information content (AvgIpc) is 2.77. The number of aromatic nitrogens is 2. The first-order valence-electron chi connectivity index (χ1n) is 5.19. The second-order valence-electron chi connectivity index (χ2n) is 3.71. The molecule has 0 radical (unpaired) electrons. The van der Waals surface area contributed by atoms with Crippen LogP contribution >= 0.6 is 11.3 Å². The number of ether oxygens (including phenoxy) is 1. The molecule has 1 N–H and O–H groups in total. The van der Waals surface area contributed by atoms with Crippen LogP contribution in [0.2, 0.25) is 0 Å². The molecule has 0 aliphatic heterocycles. The fourth-order valence-electron chi connectivity index (χ4n) is 1.83. The molecule has 0 spiro atoms. The third-order valence-electron chi connectivity index (χ3n) is 2.68. The molecule has 18 heavy (non-hydrogen) atoms. The zero-order valence-corrected chi connectivity index (χ0v) is 10.2. The lowest BCUT2D eigenvalue weighted by Crippen LogP contribution is -2.03. The van der Waals surface area contributed by atoms with E-state index in [0.29, 0.717) is 15.8 Å². The molecule has 0 saturated carbocycles. The molecule has 5 nitrogen and oxygen atoms in total.